The first kappa shape index (κ1) is 10.5. The van der Waals surface area contributed by atoms with Crippen molar-refractivity contribution in [3.8, 4) is 0 Å². The van der Waals surface area contributed by atoms with Gasteiger partial charge in [-0.25, -0.2) is 0 Å². The Hall–Kier alpha value is -0.570. The highest BCUT2D eigenvalue weighted by atomic mass is 16.2. The second-order valence-corrected chi connectivity index (χ2v) is 4.58. The van der Waals surface area contributed by atoms with Crippen molar-refractivity contribution in [3.05, 3.63) is 0 Å². The first-order valence-corrected chi connectivity index (χ1v) is 5.04. The maximum Gasteiger partial charge on any atom is 0.226 e. The number of carbonyl (C=O) groups excluding carboxylic acids is 1. The van der Waals surface area contributed by atoms with Gasteiger partial charge < -0.3 is 11.1 Å². The molecule has 0 bridgehead atoms. The largest absolute Gasteiger partial charge is 0.356 e. The summed E-state index contributed by atoms with van der Waals surface area (Å²) in [6.07, 6.45) is 3.82. The molecule has 0 heterocycles. The summed E-state index contributed by atoms with van der Waals surface area (Å²) in [6, 6.07) is 0. The average Bonchev–Trinajstić information content (AvgIpc) is 2.88. The van der Waals surface area contributed by atoms with E-state index in [9.17, 15) is 4.79 Å². The fourth-order valence-corrected chi connectivity index (χ4v) is 1.13. The lowest BCUT2D eigenvalue weighted by atomic mass is 9.93. The molecule has 0 unspecified atom stereocenters. The van der Waals surface area contributed by atoms with Crippen LogP contribution in [-0.4, -0.2) is 19.0 Å². The summed E-state index contributed by atoms with van der Waals surface area (Å²) in [7, 11) is 0. The van der Waals surface area contributed by atoms with Crippen molar-refractivity contribution in [1.29, 1.82) is 0 Å². The number of carbonyl (C=O) groups is 1. The lowest BCUT2D eigenvalue weighted by Gasteiger charge is -2.21. The number of nitrogens with one attached hydrogen (secondary N) is 1. The number of hydrogen-bond acceptors (Lipinski definition) is 2. The molecule has 0 saturated heterocycles. The molecule has 1 rings (SSSR count). The Balaban J connectivity index is 2.15. The molecule has 3 heteroatoms. The van der Waals surface area contributed by atoms with Crippen LogP contribution >= 0.6 is 0 Å². The third-order valence-electron chi connectivity index (χ3n) is 2.66. The first-order chi connectivity index (χ1) is 6.06. The van der Waals surface area contributed by atoms with Crippen molar-refractivity contribution in [2.75, 3.05) is 13.1 Å². The maximum absolute atomic E-state index is 11.5. The van der Waals surface area contributed by atoms with Gasteiger partial charge in [0.1, 0.15) is 0 Å². The Labute approximate surface area is 80.1 Å². The smallest absolute Gasteiger partial charge is 0.226 e. The molecule has 0 atom stereocenters. The molecule has 1 aliphatic carbocycles. The normalized spacial score (nSPS) is 17.2. The predicted molar refractivity (Wildman–Crippen MR) is 53.2 cm³/mol. The fourth-order valence-electron chi connectivity index (χ4n) is 1.13. The van der Waals surface area contributed by atoms with Crippen LogP contribution in [0.3, 0.4) is 0 Å². The Kier molecular flexibility index (Phi) is 3.31. The number of hydrogen-bond donors (Lipinski definition) is 2. The second-order valence-electron chi connectivity index (χ2n) is 4.58. The molecule has 1 amide bonds. The zero-order valence-electron chi connectivity index (χ0n) is 8.60. The lowest BCUT2D eigenvalue weighted by molar-refractivity contribution is -0.128. The van der Waals surface area contributed by atoms with Gasteiger partial charge in [-0.05, 0) is 26.2 Å². The molecule has 0 aromatic heterocycles. The van der Waals surface area contributed by atoms with Crippen molar-refractivity contribution < 1.29 is 4.79 Å². The van der Waals surface area contributed by atoms with Crippen molar-refractivity contribution in [2.24, 2.45) is 17.1 Å². The molecule has 3 N–H and O–H groups in total. The summed E-state index contributed by atoms with van der Waals surface area (Å²) in [5.41, 5.74) is 5.08. The molecular formula is C10H20N2O. The molecule has 1 fully saturated rings. The third kappa shape index (κ3) is 3.35. The highest BCUT2D eigenvalue weighted by Gasteiger charge is 2.26. The van der Waals surface area contributed by atoms with E-state index in [-0.39, 0.29) is 5.91 Å². The lowest BCUT2D eigenvalue weighted by Crippen LogP contribution is -2.42. The molecule has 76 valence electrons. The molecule has 0 aromatic rings. The van der Waals surface area contributed by atoms with Crippen LogP contribution < -0.4 is 11.1 Å². The van der Waals surface area contributed by atoms with Gasteiger partial charge in [-0.3, -0.25) is 4.79 Å². The monoisotopic (exact) mass is 184 g/mol. The van der Waals surface area contributed by atoms with E-state index in [1.165, 1.54) is 12.8 Å². The van der Waals surface area contributed by atoms with Gasteiger partial charge in [0.05, 0.1) is 5.41 Å². The zero-order chi connectivity index (χ0) is 9.90. The van der Waals surface area contributed by atoms with Gasteiger partial charge in [0.15, 0.2) is 0 Å². The van der Waals surface area contributed by atoms with E-state index in [1.54, 1.807) is 0 Å². The molecule has 13 heavy (non-hydrogen) atoms. The van der Waals surface area contributed by atoms with Crippen LogP contribution in [0.15, 0.2) is 0 Å². The van der Waals surface area contributed by atoms with Gasteiger partial charge in [-0.15, -0.1) is 0 Å². The number of nitrogens with two attached hydrogens (primary N) is 1. The number of amides is 1. The Morgan fingerprint density at radius 2 is 2.15 bits per heavy atom. The molecule has 1 saturated carbocycles. The van der Waals surface area contributed by atoms with Crippen molar-refractivity contribution in [3.63, 3.8) is 0 Å². The topological polar surface area (TPSA) is 55.1 Å². The zero-order valence-corrected chi connectivity index (χ0v) is 8.60. The van der Waals surface area contributed by atoms with E-state index in [1.807, 2.05) is 13.8 Å². The van der Waals surface area contributed by atoms with Crippen LogP contribution in [0.2, 0.25) is 0 Å². The standard InChI is InChI=1S/C10H20N2O/c1-10(2,7-11)9(13)12-6-5-8-3-4-8/h8H,3-7,11H2,1-2H3,(H,12,13). The van der Waals surface area contributed by atoms with E-state index >= 15 is 0 Å². The maximum atomic E-state index is 11.5. The van der Waals surface area contributed by atoms with Crippen molar-refractivity contribution >= 4 is 5.91 Å². The molecule has 1 aliphatic rings. The second kappa shape index (κ2) is 4.09. The molecule has 3 nitrogen and oxygen atoms in total. The van der Waals surface area contributed by atoms with E-state index < -0.39 is 5.41 Å². The Bertz CT molecular complexity index is 185. The van der Waals surface area contributed by atoms with E-state index in [0.717, 1.165) is 18.9 Å². The summed E-state index contributed by atoms with van der Waals surface area (Å²) in [4.78, 5) is 11.5. The predicted octanol–water partition coefficient (Wildman–Crippen LogP) is 0.888. The summed E-state index contributed by atoms with van der Waals surface area (Å²) in [5.74, 6) is 0.955. The highest BCUT2D eigenvalue weighted by molar-refractivity contribution is 5.81. The van der Waals surface area contributed by atoms with Gasteiger partial charge in [0.25, 0.3) is 0 Å². The minimum absolute atomic E-state index is 0.0793. The average molecular weight is 184 g/mol. The van der Waals surface area contributed by atoms with Crippen LogP contribution in [0.1, 0.15) is 33.1 Å². The summed E-state index contributed by atoms with van der Waals surface area (Å²) >= 11 is 0. The minimum Gasteiger partial charge on any atom is -0.356 e. The van der Waals surface area contributed by atoms with E-state index in [0.29, 0.717) is 6.54 Å². The van der Waals surface area contributed by atoms with Gasteiger partial charge in [0.2, 0.25) is 5.91 Å². The summed E-state index contributed by atoms with van der Waals surface area (Å²) < 4.78 is 0. The molecule has 0 aliphatic heterocycles. The van der Waals surface area contributed by atoms with E-state index in [4.69, 9.17) is 5.73 Å². The summed E-state index contributed by atoms with van der Waals surface area (Å²) in [6.45, 7) is 4.97. The fraction of sp³-hybridized carbons (Fsp3) is 0.900. The van der Waals surface area contributed by atoms with Crippen LogP contribution in [0.5, 0.6) is 0 Å². The van der Waals surface area contributed by atoms with Crippen LogP contribution in [-0.2, 0) is 4.79 Å². The third-order valence-corrected chi connectivity index (χ3v) is 2.66. The SMILES string of the molecule is CC(C)(CN)C(=O)NCCC1CC1. The van der Waals surface area contributed by atoms with Gasteiger partial charge >= 0.3 is 0 Å². The van der Waals surface area contributed by atoms with E-state index in [2.05, 4.69) is 5.32 Å². The van der Waals surface area contributed by atoms with Crippen LogP contribution in [0.25, 0.3) is 0 Å². The van der Waals surface area contributed by atoms with Gasteiger partial charge in [0, 0.05) is 13.1 Å². The Morgan fingerprint density at radius 1 is 1.54 bits per heavy atom. The Morgan fingerprint density at radius 3 is 2.62 bits per heavy atom. The minimum atomic E-state index is -0.413. The van der Waals surface area contributed by atoms with Crippen molar-refractivity contribution in [1.82, 2.24) is 5.32 Å². The highest BCUT2D eigenvalue weighted by Crippen LogP contribution is 2.31. The van der Waals surface area contributed by atoms with Crippen LogP contribution in [0, 0.1) is 11.3 Å². The molecule has 0 spiro atoms. The molecule has 0 radical (unpaired) electrons. The first-order valence-electron chi connectivity index (χ1n) is 5.04. The van der Waals surface area contributed by atoms with Gasteiger partial charge in [-0.2, -0.15) is 0 Å². The quantitative estimate of drug-likeness (QED) is 0.666. The summed E-state index contributed by atoms with van der Waals surface area (Å²) in [5, 5.41) is 2.93. The molecule has 0 aromatic carbocycles. The number of rotatable bonds is 5. The van der Waals surface area contributed by atoms with Gasteiger partial charge in [-0.1, -0.05) is 12.8 Å². The molecular weight excluding hydrogens is 164 g/mol. The van der Waals surface area contributed by atoms with Crippen molar-refractivity contribution in [2.45, 2.75) is 33.1 Å². The van der Waals surface area contributed by atoms with Crippen LogP contribution in [0.4, 0.5) is 0 Å².